The zero-order valence-corrected chi connectivity index (χ0v) is 20.6. The first-order chi connectivity index (χ1) is 17.3. The minimum absolute atomic E-state index is 0.0149. The van der Waals surface area contributed by atoms with E-state index >= 15 is 0 Å². The van der Waals surface area contributed by atoms with Crippen molar-refractivity contribution in [2.24, 2.45) is 11.5 Å². The minimum atomic E-state index is -0.167. The van der Waals surface area contributed by atoms with Crippen molar-refractivity contribution in [3.05, 3.63) is 106 Å². The summed E-state index contributed by atoms with van der Waals surface area (Å²) in [5.41, 5.74) is 17.2. The van der Waals surface area contributed by atoms with Crippen LogP contribution in [-0.4, -0.2) is 22.1 Å². The smallest absolute Gasteiger partial charge is 0.268 e. The molecule has 7 N–H and O–H groups in total. The number of aromatic nitrogens is 1. The molecule has 4 aromatic rings. The monoisotopic (exact) mass is 480 g/mol. The van der Waals surface area contributed by atoms with Crippen LogP contribution in [0.4, 0.5) is 0 Å². The number of rotatable bonds is 9. The van der Waals surface area contributed by atoms with Gasteiger partial charge in [-0.2, -0.15) is 0 Å². The number of nitrogens with two attached hydrogens (primary N) is 2. The van der Waals surface area contributed by atoms with Gasteiger partial charge in [-0.15, -0.1) is 0 Å². The summed E-state index contributed by atoms with van der Waals surface area (Å²) in [6.45, 7) is 5.20. The van der Waals surface area contributed by atoms with Crippen LogP contribution in [0.15, 0.2) is 72.8 Å². The van der Waals surface area contributed by atoms with Crippen molar-refractivity contribution >= 4 is 28.5 Å². The zero-order chi connectivity index (χ0) is 25.8. The second-order valence-corrected chi connectivity index (χ2v) is 9.11. The van der Waals surface area contributed by atoms with Gasteiger partial charge in [0, 0.05) is 35.1 Å². The number of hydrogen-bond donors (Lipinski definition) is 5. The highest BCUT2D eigenvalue weighted by molar-refractivity contribution is 6.00. The highest BCUT2D eigenvalue weighted by Gasteiger charge is 2.19. The molecule has 7 nitrogen and oxygen atoms in total. The summed E-state index contributed by atoms with van der Waals surface area (Å²) in [4.78, 5) is 13.5. The summed E-state index contributed by atoms with van der Waals surface area (Å²) >= 11 is 0. The number of carbonyl (C=O) groups is 1. The van der Waals surface area contributed by atoms with Crippen LogP contribution >= 0.6 is 0 Å². The molecule has 7 heteroatoms. The van der Waals surface area contributed by atoms with Crippen LogP contribution < -0.4 is 16.8 Å². The van der Waals surface area contributed by atoms with Gasteiger partial charge in [-0.3, -0.25) is 15.6 Å². The lowest BCUT2D eigenvalue weighted by atomic mass is 9.95. The van der Waals surface area contributed by atoms with Gasteiger partial charge in [-0.1, -0.05) is 68.4 Å². The van der Waals surface area contributed by atoms with Crippen LogP contribution in [0, 0.1) is 10.8 Å². The molecule has 1 amide bonds. The molecule has 1 heterocycles. The van der Waals surface area contributed by atoms with Gasteiger partial charge in [-0.25, -0.2) is 0 Å². The molecule has 0 radical (unpaired) electrons. The first-order valence-corrected chi connectivity index (χ1v) is 12.1. The Kier molecular flexibility index (Phi) is 7.20. The fraction of sp³-hybridized carbons (Fsp3) is 0.207. The average molecular weight is 481 g/mol. The molecule has 0 fully saturated rings. The lowest BCUT2D eigenvalue weighted by Gasteiger charge is -2.14. The predicted octanol–water partition coefficient (Wildman–Crippen LogP) is 4.70. The fourth-order valence-corrected chi connectivity index (χ4v) is 4.41. The summed E-state index contributed by atoms with van der Waals surface area (Å²) in [6.07, 6.45) is 1.00. The number of carbonyl (C=O) groups excluding carboxylic acids is 1. The third-order valence-electron chi connectivity index (χ3n) is 6.65. The van der Waals surface area contributed by atoms with E-state index in [2.05, 4.69) is 25.2 Å². The van der Waals surface area contributed by atoms with E-state index in [1.807, 2.05) is 59.2 Å². The second kappa shape index (κ2) is 10.5. The lowest BCUT2D eigenvalue weighted by molar-refractivity contribution is 0.0942. The van der Waals surface area contributed by atoms with E-state index in [-0.39, 0.29) is 17.6 Å². The average Bonchev–Trinajstić information content (AvgIpc) is 3.25. The number of benzene rings is 3. The number of amidine groups is 2. The number of nitrogen functional groups attached to an aromatic ring is 2. The van der Waals surface area contributed by atoms with Crippen LogP contribution in [0.1, 0.15) is 64.5 Å². The molecule has 0 bridgehead atoms. The van der Waals surface area contributed by atoms with Crippen molar-refractivity contribution in [3.63, 3.8) is 0 Å². The topological polar surface area (TPSA) is 134 Å². The Balaban J connectivity index is 1.70. The minimum Gasteiger partial charge on any atom is -0.384 e. The maximum absolute atomic E-state index is 13.5. The molecule has 0 saturated carbocycles. The number of amides is 1. The molecule has 3 aromatic carbocycles. The van der Waals surface area contributed by atoms with E-state index in [1.165, 1.54) is 5.56 Å². The summed E-state index contributed by atoms with van der Waals surface area (Å²) in [5, 5.41) is 19.4. The lowest BCUT2D eigenvalue weighted by Crippen LogP contribution is -2.25. The van der Waals surface area contributed by atoms with Gasteiger partial charge in [0.2, 0.25) is 0 Å². The Morgan fingerprint density at radius 2 is 1.61 bits per heavy atom. The first kappa shape index (κ1) is 24.7. The Morgan fingerprint density at radius 1 is 0.917 bits per heavy atom. The maximum atomic E-state index is 13.5. The summed E-state index contributed by atoms with van der Waals surface area (Å²) in [7, 11) is 0. The van der Waals surface area contributed by atoms with Crippen molar-refractivity contribution in [3.8, 4) is 0 Å². The first-order valence-electron chi connectivity index (χ1n) is 12.1. The molecular weight excluding hydrogens is 448 g/mol. The SMILES string of the molecule is CCC(C)c1cccc2c1cc(C(=O)NCc1ccc(C(=N)N)cc1)n2Cc1cccc(C(=N)N)c1. The van der Waals surface area contributed by atoms with Crippen LogP contribution in [-0.2, 0) is 13.1 Å². The maximum Gasteiger partial charge on any atom is 0.268 e. The quantitative estimate of drug-likeness (QED) is 0.176. The molecule has 0 spiro atoms. The molecule has 0 aliphatic heterocycles. The van der Waals surface area contributed by atoms with E-state index in [1.54, 1.807) is 12.1 Å². The molecule has 1 unspecified atom stereocenters. The normalized spacial score (nSPS) is 11.8. The highest BCUT2D eigenvalue weighted by atomic mass is 16.1. The summed E-state index contributed by atoms with van der Waals surface area (Å²) in [6, 6.07) is 23.1. The molecular formula is C29H32N6O. The zero-order valence-electron chi connectivity index (χ0n) is 20.6. The van der Waals surface area contributed by atoms with Crippen LogP contribution in [0.5, 0.6) is 0 Å². The molecule has 0 aliphatic rings. The molecule has 0 aliphatic carbocycles. The van der Waals surface area contributed by atoms with Crippen molar-refractivity contribution in [2.45, 2.75) is 39.3 Å². The van der Waals surface area contributed by atoms with Crippen LogP contribution in [0.2, 0.25) is 0 Å². The van der Waals surface area contributed by atoms with Gasteiger partial charge in [0.1, 0.15) is 17.4 Å². The van der Waals surface area contributed by atoms with Gasteiger partial charge in [0.05, 0.1) is 0 Å². The third-order valence-corrected chi connectivity index (χ3v) is 6.65. The number of nitrogens with zero attached hydrogens (tertiary/aromatic N) is 1. The Morgan fingerprint density at radius 3 is 2.28 bits per heavy atom. The number of fused-ring (bicyclic) bond motifs is 1. The summed E-state index contributed by atoms with van der Waals surface area (Å²) in [5.74, 6) is 0.226. The largest absolute Gasteiger partial charge is 0.384 e. The van der Waals surface area contributed by atoms with Crippen LogP contribution in [0.25, 0.3) is 10.9 Å². The van der Waals surface area contributed by atoms with E-state index in [4.69, 9.17) is 22.3 Å². The van der Waals surface area contributed by atoms with E-state index < -0.39 is 0 Å². The molecule has 36 heavy (non-hydrogen) atoms. The van der Waals surface area contributed by atoms with Crippen molar-refractivity contribution in [2.75, 3.05) is 0 Å². The van der Waals surface area contributed by atoms with E-state index in [0.717, 1.165) is 28.5 Å². The van der Waals surface area contributed by atoms with Crippen molar-refractivity contribution < 1.29 is 4.79 Å². The highest BCUT2D eigenvalue weighted by Crippen LogP contribution is 2.31. The second-order valence-electron chi connectivity index (χ2n) is 9.11. The predicted molar refractivity (Wildman–Crippen MR) is 146 cm³/mol. The number of hydrogen-bond acceptors (Lipinski definition) is 3. The van der Waals surface area contributed by atoms with Crippen molar-refractivity contribution in [1.29, 1.82) is 10.8 Å². The summed E-state index contributed by atoms with van der Waals surface area (Å²) < 4.78 is 2.04. The molecule has 4 rings (SSSR count). The Labute approximate surface area is 211 Å². The van der Waals surface area contributed by atoms with Gasteiger partial charge in [0.25, 0.3) is 5.91 Å². The molecule has 184 valence electrons. The Bertz CT molecular complexity index is 1430. The van der Waals surface area contributed by atoms with E-state index in [0.29, 0.717) is 35.8 Å². The van der Waals surface area contributed by atoms with Gasteiger partial charge < -0.3 is 21.4 Å². The van der Waals surface area contributed by atoms with Crippen molar-refractivity contribution in [1.82, 2.24) is 9.88 Å². The van der Waals surface area contributed by atoms with Gasteiger partial charge >= 0.3 is 0 Å². The molecule has 1 aromatic heterocycles. The Hall–Kier alpha value is -4.39. The van der Waals surface area contributed by atoms with E-state index in [9.17, 15) is 4.79 Å². The molecule has 0 saturated heterocycles. The fourth-order valence-electron chi connectivity index (χ4n) is 4.41. The van der Waals surface area contributed by atoms with Gasteiger partial charge in [-0.05, 0) is 47.2 Å². The molecule has 1 atom stereocenters. The van der Waals surface area contributed by atoms with Crippen LogP contribution in [0.3, 0.4) is 0 Å². The number of nitrogens with one attached hydrogen (secondary N) is 3. The van der Waals surface area contributed by atoms with Gasteiger partial charge in [0.15, 0.2) is 0 Å². The standard InChI is InChI=1S/C29H32N6O/c1-3-18(2)23-8-5-9-25-24(23)15-26(35(25)17-20-6-4-7-22(14-20)28(32)33)29(36)34-16-19-10-12-21(13-11-19)27(30)31/h4-15,18H,3,16-17H2,1-2H3,(H3,30,31)(H3,32,33)(H,34,36). The third kappa shape index (κ3) is 5.15.